The summed E-state index contributed by atoms with van der Waals surface area (Å²) in [6.45, 7) is 6.51. The Morgan fingerprint density at radius 3 is 2.46 bits per heavy atom. The highest BCUT2D eigenvalue weighted by Crippen LogP contribution is 2.23. The first-order chi connectivity index (χ1) is 13.5. The Balaban J connectivity index is 1.60. The number of halogens is 1. The van der Waals surface area contributed by atoms with E-state index >= 15 is 0 Å². The first-order valence-electron chi connectivity index (χ1n) is 9.66. The Morgan fingerprint density at radius 1 is 1.11 bits per heavy atom. The van der Waals surface area contributed by atoms with Crippen LogP contribution in [-0.2, 0) is 4.79 Å². The SMILES string of the molecule is Cc1ccccc1OCC(=O)NC[C@@H](c1ccc(Cl)cc1)N1CCN(C)CC1. The van der Waals surface area contributed by atoms with Gasteiger partial charge in [-0.1, -0.05) is 41.9 Å². The van der Waals surface area contributed by atoms with Crippen LogP contribution in [0.4, 0.5) is 0 Å². The highest BCUT2D eigenvalue weighted by molar-refractivity contribution is 6.30. The number of para-hydroxylation sites is 1. The number of carbonyl (C=O) groups is 1. The van der Waals surface area contributed by atoms with Crippen molar-refractivity contribution in [2.45, 2.75) is 13.0 Å². The molecule has 1 aliphatic rings. The van der Waals surface area contributed by atoms with E-state index in [-0.39, 0.29) is 18.6 Å². The third-order valence-corrected chi connectivity index (χ3v) is 5.43. The average Bonchev–Trinajstić information content (AvgIpc) is 2.70. The van der Waals surface area contributed by atoms with Gasteiger partial charge in [0, 0.05) is 37.7 Å². The van der Waals surface area contributed by atoms with Crippen LogP contribution in [0, 0.1) is 6.92 Å². The molecule has 3 rings (SSSR count). The fourth-order valence-electron chi connectivity index (χ4n) is 3.40. The number of hydrogen-bond donors (Lipinski definition) is 1. The molecule has 5 nitrogen and oxygen atoms in total. The number of nitrogens with zero attached hydrogens (tertiary/aromatic N) is 2. The van der Waals surface area contributed by atoms with Crippen LogP contribution in [0.1, 0.15) is 17.2 Å². The minimum Gasteiger partial charge on any atom is -0.484 e. The van der Waals surface area contributed by atoms with Gasteiger partial charge in [-0.15, -0.1) is 0 Å². The number of likely N-dealkylation sites (N-methyl/N-ethyl adjacent to an activating group) is 1. The van der Waals surface area contributed by atoms with Crippen LogP contribution in [0.3, 0.4) is 0 Å². The van der Waals surface area contributed by atoms with Crippen LogP contribution >= 0.6 is 11.6 Å². The molecule has 1 aliphatic heterocycles. The van der Waals surface area contributed by atoms with Gasteiger partial charge in [-0.05, 0) is 43.3 Å². The van der Waals surface area contributed by atoms with Gasteiger partial charge in [0.05, 0.1) is 6.04 Å². The van der Waals surface area contributed by atoms with Crippen LogP contribution in [0.15, 0.2) is 48.5 Å². The molecule has 1 N–H and O–H groups in total. The van der Waals surface area contributed by atoms with Crippen molar-refractivity contribution in [2.24, 2.45) is 0 Å². The summed E-state index contributed by atoms with van der Waals surface area (Å²) in [7, 11) is 2.14. The predicted octanol–water partition coefficient (Wildman–Crippen LogP) is 3.13. The summed E-state index contributed by atoms with van der Waals surface area (Å²) in [6.07, 6.45) is 0. The van der Waals surface area contributed by atoms with E-state index in [0.717, 1.165) is 48.1 Å². The van der Waals surface area contributed by atoms with E-state index in [9.17, 15) is 4.79 Å². The van der Waals surface area contributed by atoms with E-state index in [1.54, 1.807) is 0 Å². The molecule has 1 fully saturated rings. The number of benzene rings is 2. The molecule has 6 heteroatoms. The molecule has 150 valence electrons. The molecule has 0 unspecified atom stereocenters. The van der Waals surface area contributed by atoms with Crippen LogP contribution in [0.5, 0.6) is 5.75 Å². The minimum absolute atomic E-state index is 0.0148. The number of piperazine rings is 1. The van der Waals surface area contributed by atoms with Crippen molar-refractivity contribution >= 4 is 17.5 Å². The molecule has 0 aliphatic carbocycles. The van der Waals surface area contributed by atoms with Crippen molar-refractivity contribution in [3.05, 3.63) is 64.7 Å². The molecule has 2 aromatic rings. The molecule has 0 saturated carbocycles. The minimum atomic E-state index is -0.114. The van der Waals surface area contributed by atoms with Crippen molar-refractivity contribution in [3.8, 4) is 5.75 Å². The van der Waals surface area contributed by atoms with Gasteiger partial charge in [0.2, 0.25) is 0 Å². The lowest BCUT2D eigenvalue weighted by Crippen LogP contribution is -2.48. The molecule has 1 saturated heterocycles. The van der Waals surface area contributed by atoms with Crippen LogP contribution in [0.2, 0.25) is 5.02 Å². The van der Waals surface area contributed by atoms with E-state index in [1.165, 1.54) is 0 Å². The Bertz CT molecular complexity index is 774. The van der Waals surface area contributed by atoms with Gasteiger partial charge >= 0.3 is 0 Å². The summed E-state index contributed by atoms with van der Waals surface area (Å²) < 4.78 is 5.66. The second-order valence-electron chi connectivity index (χ2n) is 7.26. The lowest BCUT2D eigenvalue weighted by molar-refractivity contribution is -0.123. The molecule has 0 radical (unpaired) electrons. The van der Waals surface area contributed by atoms with Gasteiger partial charge in [0.15, 0.2) is 6.61 Å². The van der Waals surface area contributed by atoms with Crippen LogP contribution in [-0.4, -0.2) is 62.1 Å². The second-order valence-corrected chi connectivity index (χ2v) is 7.70. The molecule has 1 amide bonds. The Morgan fingerprint density at radius 2 is 1.79 bits per heavy atom. The smallest absolute Gasteiger partial charge is 0.258 e. The summed E-state index contributed by atoms with van der Waals surface area (Å²) >= 11 is 6.05. The molecule has 1 atom stereocenters. The van der Waals surface area contributed by atoms with Gasteiger partial charge in [-0.2, -0.15) is 0 Å². The van der Waals surface area contributed by atoms with Crippen molar-refractivity contribution < 1.29 is 9.53 Å². The summed E-state index contributed by atoms with van der Waals surface area (Å²) in [5.41, 5.74) is 2.18. The van der Waals surface area contributed by atoms with E-state index in [2.05, 4.69) is 22.2 Å². The number of carbonyl (C=O) groups excluding carboxylic acids is 1. The average molecular weight is 402 g/mol. The molecule has 0 aromatic heterocycles. The fraction of sp³-hybridized carbons (Fsp3) is 0.409. The normalized spacial score (nSPS) is 16.5. The summed E-state index contributed by atoms with van der Waals surface area (Å²) in [5, 5.41) is 3.76. The lowest BCUT2D eigenvalue weighted by atomic mass is 10.0. The maximum absolute atomic E-state index is 12.4. The van der Waals surface area contributed by atoms with E-state index in [4.69, 9.17) is 16.3 Å². The van der Waals surface area contributed by atoms with Crippen molar-refractivity contribution in [1.82, 2.24) is 15.1 Å². The van der Waals surface area contributed by atoms with E-state index in [0.29, 0.717) is 6.54 Å². The van der Waals surface area contributed by atoms with Crippen LogP contribution in [0.25, 0.3) is 0 Å². The number of rotatable bonds is 7. The Kier molecular flexibility index (Phi) is 7.31. The third-order valence-electron chi connectivity index (χ3n) is 5.18. The van der Waals surface area contributed by atoms with E-state index in [1.807, 2.05) is 55.5 Å². The second kappa shape index (κ2) is 9.92. The topological polar surface area (TPSA) is 44.8 Å². The highest BCUT2D eigenvalue weighted by atomic mass is 35.5. The van der Waals surface area contributed by atoms with Gasteiger partial charge in [-0.25, -0.2) is 0 Å². The first-order valence-corrected chi connectivity index (χ1v) is 10.0. The standard InChI is InChI=1S/C22H28ClN3O2/c1-17-5-3-4-6-21(17)28-16-22(27)24-15-20(18-7-9-19(23)10-8-18)26-13-11-25(2)12-14-26/h3-10,20H,11-16H2,1-2H3,(H,24,27)/t20-/m0/s1. The van der Waals surface area contributed by atoms with E-state index < -0.39 is 0 Å². The zero-order valence-corrected chi connectivity index (χ0v) is 17.3. The van der Waals surface area contributed by atoms with Gasteiger partial charge < -0.3 is 15.0 Å². The van der Waals surface area contributed by atoms with Crippen molar-refractivity contribution in [2.75, 3.05) is 46.4 Å². The zero-order valence-electron chi connectivity index (χ0n) is 16.5. The molecule has 28 heavy (non-hydrogen) atoms. The number of aryl methyl sites for hydroxylation is 1. The van der Waals surface area contributed by atoms with Gasteiger partial charge in [0.25, 0.3) is 5.91 Å². The maximum atomic E-state index is 12.4. The lowest BCUT2D eigenvalue weighted by Gasteiger charge is -2.38. The highest BCUT2D eigenvalue weighted by Gasteiger charge is 2.24. The fourth-order valence-corrected chi connectivity index (χ4v) is 3.53. The Labute approximate surface area is 172 Å². The summed E-state index contributed by atoms with van der Waals surface area (Å²) in [4.78, 5) is 17.1. The molecule has 0 spiro atoms. The Hall–Kier alpha value is -2.08. The zero-order chi connectivity index (χ0) is 19.9. The van der Waals surface area contributed by atoms with Crippen LogP contribution < -0.4 is 10.1 Å². The molecular formula is C22H28ClN3O2. The largest absolute Gasteiger partial charge is 0.484 e. The summed E-state index contributed by atoms with van der Waals surface area (Å²) in [6, 6.07) is 15.7. The number of nitrogens with one attached hydrogen (secondary N) is 1. The maximum Gasteiger partial charge on any atom is 0.258 e. The molecule has 1 heterocycles. The quantitative estimate of drug-likeness (QED) is 0.774. The third kappa shape index (κ3) is 5.71. The molecule has 2 aromatic carbocycles. The summed E-state index contributed by atoms with van der Waals surface area (Å²) in [5.74, 6) is 0.627. The number of hydrogen-bond acceptors (Lipinski definition) is 4. The number of ether oxygens (including phenoxy) is 1. The first kappa shape index (κ1) is 20.6. The van der Waals surface area contributed by atoms with Crippen molar-refractivity contribution in [3.63, 3.8) is 0 Å². The van der Waals surface area contributed by atoms with Crippen molar-refractivity contribution in [1.29, 1.82) is 0 Å². The van der Waals surface area contributed by atoms with Gasteiger partial charge in [-0.3, -0.25) is 9.69 Å². The molecular weight excluding hydrogens is 374 g/mol. The monoisotopic (exact) mass is 401 g/mol. The number of amides is 1. The van der Waals surface area contributed by atoms with Gasteiger partial charge in [0.1, 0.15) is 5.75 Å². The molecule has 0 bridgehead atoms. The predicted molar refractivity (Wildman–Crippen MR) is 113 cm³/mol.